The lowest BCUT2D eigenvalue weighted by molar-refractivity contribution is -0.122. The molecule has 0 spiro atoms. The van der Waals surface area contributed by atoms with E-state index in [4.69, 9.17) is 14.2 Å². The monoisotopic (exact) mass is 407 g/mol. The van der Waals surface area contributed by atoms with Gasteiger partial charge in [0.25, 0.3) is 0 Å². The number of nitrogens with one attached hydrogen (secondary N) is 1. The number of ketones is 1. The molecule has 6 nitrogen and oxygen atoms in total. The van der Waals surface area contributed by atoms with E-state index < -0.39 is 0 Å². The maximum absolute atomic E-state index is 13.3. The summed E-state index contributed by atoms with van der Waals surface area (Å²) in [4.78, 5) is 25.8. The summed E-state index contributed by atoms with van der Waals surface area (Å²) in [6.07, 6.45) is 1.23. The summed E-state index contributed by atoms with van der Waals surface area (Å²) in [5.41, 5.74) is 3.27. The molecule has 2 aromatic rings. The fourth-order valence-corrected chi connectivity index (χ4v) is 4.46. The van der Waals surface area contributed by atoms with E-state index in [0.29, 0.717) is 29.9 Å². The Morgan fingerprint density at radius 1 is 0.867 bits per heavy atom. The second-order valence-electron chi connectivity index (χ2n) is 7.61. The van der Waals surface area contributed by atoms with Crippen molar-refractivity contribution in [2.75, 3.05) is 21.3 Å². The summed E-state index contributed by atoms with van der Waals surface area (Å²) >= 11 is 0. The molecule has 2 atom stereocenters. The smallest absolute Gasteiger partial charge is 0.225 e. The Labute approximate surface area is 175 Å². The first kappa shape index (κ1) is 20.0. The molecule has 1 aliphatic heterocycles. The summed E-state index contributed by atoms with van der Waals surface area (Å²) in [6, 6.07) is 13.3. The van der Waals surface area contributed by atoms with Crippen LogP contribution in [-0.2, 0) is 9.59 Å². The molecule has 1 aliphatic carbocycles. The maximum Gasteiger partial charge on any atom is 0.225 e. The number of hydrogen-bond donors (Lipinski definition) is 1. The van der Waals surface area contributed by atoms with Crippen molar-refractivity contribution in [2.45, 2.75) is 31.1 Å². The summed E-state index contributed by atoms with van der Waals surface area (Å²) in [7, 11) is 4.80. The Bertz CT molecular complexity index is 1030. The lowest BCUT2D eigenvalue weighted by atomic mass is 9.73. The Morgan fingerprint density at radius 3 is 2.37 bits per heavy atom. The Morgan fingerprint density at radius 2 is 1.63 bits per heavy atom. The first-order valence-electron chi connectivity index (χ1n) is 9.96. The average molecular weight is 407 g/mol. The molecule has 0 radical (unpaired) electrons. The Kier molecular flexibility index (Phi) is 5.48. The Hall–Kier alpha value is -3.28. The molecule has 0 saturated heterocycles. The van der Waals surface area contributed by atoms with Gasteiger partial charge in [-0.15, -0.1) is 0 Å². The Balaban J connectivity index is 1.72. The fourth-order valence-electron chi connectivity index (χ4n) is 4.46. The highest BCUT2D eigenvalue weighted by molar-refractivity contribution is 6.02. The number of hydrogen-bond acceptors (Lipinski definition) is 5. The third-order valence-corrected chi connectivity index (χ3v) is 5.92. The maximum atomic E-state index is 13.3. The van der Waals surface area contributed by atoms with Gasteiger partial charge >= 0.3 is 0 Å². The van der Waals surface area contributed by atoms with Crippen LogP contribution in [0, 0.1) is 0 Å². The van der Waals surface area contributed by atoms with Gasteiger partial charge in [0.1, 0.15) is 17.2 Å². The summed E-state index contributed by atoms with van der Waals surface area (Å²) in [6.45, 7) is 0. The zero-order valence-electron chi connectivity index (χ0n) is 17.4. The van der Waals surface area contributed by atoms with E-state index in [1.165, 1.54) is 0 Å². The van der Waals surface area contributed by atoms with Crippen LogP contribution in [0.5, 0.6) is 17.2 Å². The highest BCUT2D eigenvalue weighted by Crippen LogP contribution is 2.45. The molecule has 6 heteroatoms. The van der Waals surface area contributed by atoms with Crippen LogP contribution >= 0.6 is 0 Å². The van der Waals surface area contributed by atoms with Crippen LogP contribution < -0.4 is 19.5 Å². The van der Waals surface area contributed by atoms with Crippen molar-refractivity contribution in [3.8, 4) is 17.2 Å². The average Bonchev–Trinajstić information content (AvgIpc) is 2.77. The third kappa shape index (κ3) is 3.65. The van der Waals surface area contributed by atoms with Gasteiger partial charge in [0.15, 0.2) is 5.78 Å². The van der Waals surface area contributed by atoms with Crippen LogP contribution in [0.2, 0.25) is 0 Å². The van der Waals surface area contributed by atoms with Crippen molar-refractivity contribution < 1.29 is 23.8 Å². The van der Waals surface area contributed by atoms with Crippen molar-refractivity contribution in [2.24, 2.45) is 0 Å². The normalized spacial score (nSPS) is 21.0. The fraction of sp³-hybridized carbons (Fsp3) is 0.333. The van der Waals surface area contributed by atoms with Gasteiger partial charge in [0, 0.05) is 41.7 Å². The molecule has 0 fully saturated rings. The van der Waals surface area contributed by atoms with Crippen LogP contribution in [0.4, 0.5) is 0 Å². The van der Waals surface area contributed by atoms with Gasteiger partial charge in [-0.1, -0.05) is 18.2 Å². The molecule has 2 aromatic carbocycles. The minimum Gasteiger partial charge on any atom is -0.497 e. The van der Waals surface area contributed by atoms with E-state index in [9.17, 15) is 9.59 Å². The van der Waals surface area contributed by atoms with E-state index in [1.54, 1.807) is 27.4 Å². The number of Topliss-reactive ketones (excluding diaryl/α,β-unsaturated/α-hetero) is 1. The number of carbonyl (C=O) groups excluding carboxylic acids is 2. The molecule has 0 saturated carbocycles. The predicted molar refractivity (Wildman–Crippen MR) is 112 cm³/mol. The zero-order valence-corrected chi connectivity index (χ0v) is 17.4. The van der Waals surface area contributed by atoms with Gasteiger partial charge < -0.3 is 19.5 Å². The quantitative estimate of drug-likeness (QED) is 0.818. The lowest BCUT2D eigenvalue weighted by Crippen LogP contribution is -2.38. The molecule has 1 amide bonds. The molecule has 1 heterocycles. The second-order valence-corrected chi connectivity index (χ2v) is 7.61. The van der Waals surface area contributed by atoms with Gasteiger partial charge in [-0.2, -0.15) is 0 Å². The zero-order chi connectivity index (χ0) is 21.3. The van der Waals surface area contributed by atoms with E-state index in [-0.39, 0.29) is 29.9 Å². The van der Waals surface area contributed by atoms with Crippen molar-refractivity contribution >= 4 is 11.7 Å². The molecule has 0 bridgehead atoms. The van der Waals surface area contributed by atoms with E-state index in [1.807, 2.05) is 36.4 Å². The van der Waals surface area contributed by atoms with Crippen molar-refractivity contribution in [1.29, 1.82) is 0 Å². The number of rotatable bonds is 5. The van der Waals surface area contributed by atoms with E-state index in [0.717, 1.165) is 22.6 Å². The van der Waals surface area contributed by atoms with Crippen LogP contribution in [0.1, 0.15) is 42.2 Å². The lowest BCUT2D eigenvalue weighted by Gasteiger charge is -2.35. The van der Waals surface area contributed by atoms with Gasteiger partial charge in [-0.3, -0.25) is 9.59 Å². The topological polar surface area (TPSA) is 73.9 Å². The molecular formula is C24H25NO5. The third-order valence-electron chi connectivity index (χ3n) is 5.92. The minimum atomic E-state index is -0.326. The van der Waals surface area contributed by atoms with Crippen LogP contribution in [0.3, 0.4) is 0 Å². The van der Waals surface area contributed by atoms with Crippen LogP contribution in [0.25, 0.3) is 0 Å². The standard InChI is InChI=1S/C24H25NO5/c1-28-16-6-4-5-14(9-16)15-10-20-24(21(26)11-15)19(13-23(27)25-20)18-8-7-17(29-2)12-22(18)30-3/h4-9,12,15,19H,10-11,13H2,1-3H3,(H,25,27)/t15-,19-/m1/s1. The van der Waals surface area contributed by atoms with Gasteiger partial charge in [-0.05, 0) is 36.1 Å². The summed E-state index contributed by atoms with van der Waals surface area (Å²) in [5, 5.41) is 2.96. The molecule has 0 unspecified atom stereocenters. The van der Waals surface area contributed by atoms with E-state index in [2.05, 4.69) is 5.32 Å². The van der Waals surface area contributed by atoms with Crippen molar-refractivity contribution in [3.63, 3.8) is 0 Å². The van der Waals surface area contributed by atoms with Crippen molar-refractivity contribution in [1.82, 2.24) is 5.32 Å². The van der Waals surface area contributed by atoms with E-state index >= 15 is 0 Å². The van der Waals surface area contributed by atoms with Gasteiger partial charge in [-0.25, -0.2) is 0 Å². The molecule has 2 aliphatic rings. The van der Waals surface area contributed by atoms with Crippen molar-refractivity contribution in [3.05, 3.63) is 64.9 Å². The van der Waals surface area contributed by atoms with Gasteiger partial charge in [0.05, 0.1) is 21.3 Å². The van der Waals surface area contributed by atoms with Crippen LogP contribution in [-0.4, -0.2) is 33.0 Å². The number of carbonyl (C=O) groups is 2. The highest BCUT2D eigenvalue weighted by Gasteiger charge is 2.39. The highest BCUT2D eigenvalue weighted by atomic mass is 16.5. The molecule has 156 valence electrons. The number of ether oxygens (including phenoxy) is 3. The first-order chi connectivity index (χ1) is 14.5. The largest absolute Gasteiger partial charge is 0.497 e. The SMILES string of the molecule is COc1cccc([C@H]2CC(=O)C3=C(C2)NC(=O)C[C@@H]3c2ccc(OC)cc2OC)c1. The molecule has 30 heavy (non-hydrogen) atoms. The number of allylic oxidation sites excluding steroid dienone is 2. The molecular weight excluding hydrogens is 382 g/mol. The second kappa shape index (κ2) is 8.22. The number of methoxy groups -OCH3 is 3. The molecule has 4 rings (SSSR count). The minimum absolute atomic E-state index is 0.00293. The first-order valence-corrected chi connectivity index (χ1v) is 9.96. The van der Waals surface area contributed by atoms with Crippen LogP contribution in [0.15, 0.2) is 53.7 Å². The predicted octanol–water partition coefficient (Wildman–Crippen LogP) is 3.72. The summed E-state index contributed by atoms with van der Waals surface area (Å²) < 4.78 is 16.2. The summed E-state index contributed by atoms with van der Waals surface area (Å²) in [5.74, 6) is 1.69. The molecule has 1 N–H and O–H groups in total. The number of benzene rings is 2. The van der Waals surface area contributed by atoms with Gasteiger partial charge in [0.2, 0.25) is 5.91 Å². The number of amides is 1. The molecule has 0 aromatic heterocycles.